The topological polar surface area (TPSA) is 87.1 Å². The van der Waals surface area contributed by atoms with Crippen LogP contribution in [0, 0.1) is 23.6 Å². The second-order valence-corrected chi connectivity index (χ2v) is 11.2. The number of rotatable bonds is 6. The highest BCUT2D eigenvalue weighted by Crippen LogP contribution is 2.52. The van der Waals surface area contributed by atoms with Gasteiger partial charge in [0.05, 0.1) is 17.9 Å². The number of allylic oxidation sites excluding steroid dienone is 2. The van der Waals surface area contributed by atoms with Crippen molar-refractivity contribution in [1.29, 1.82) is 0 Å². The Balaban J connectivity index is 1.37. The van der Waals surface area contributed by atoms with E-state index in [0.717, 1.165) is 49.7 Å². The van der Waals surface area contributed by atoms with Crippen molar-refractivity contribution in [3.8, 4) is 5.75 Å². The minimum absolute atomic E-state index is 0.00987. The minimum atomic E-state index is -0.974. The second kappa shape index (κ2) is 10.7. The van der Waals surface area contributed by atoms with Gasteiger partial charge < -0.3 is 14.8 Å². The van der Waals surface area contributed by atoms with Crippen LogP contribution in [0.5, 0.6) is 5.75 Å². The number of hydrogen-bond acceptors (Lipinski definition) is 5. The fourth-order valence-corrected chi connectivity index (χ4v) is 7.15. The molecule has 0 unspecified atom stereocenters. The summed E-state index contributed by atoms with van der Waals surface area (Å²) in [5, 5.41) is 20.1. The Morgan fingerprint density at radius 3 is 2.65 bits per heavy atom. The van der Waals surface area contributed by atoms with Gasteiger partial charge in [0.15, 0.2) is 11.6 Å². The maximum absolute atomic E-state index is 13.7. The number of fused-ring (bicyclic) bond motifs is 3. The van der Waals surface area contributed by atoms with Gasteiger partial charge in [-0.3, -0.25) is 14.5 Å². The summed E-state index contributed by atoms with van der Waals surface area (Å²) in [5.41, 5.74) is 4.00. The lowest BCUT2D eigenvalue weighted by Gasteiger charge is -2.43. The summed E-state index contributed by atoms with van der Waals surface area (Å²) >= 11 is 0. The van der Waals surface area contributed by atoms with Crippen molar-refractivity contribution in [2.75, 3.05) is 0 Å². The average molecular weight is 509 g/mol. The molecule has 2 aliphatic heterocycles. The number of halogens is 1. The minimum Gasteiger partial charge on any atom is -0.505 e. The second-order valence-electron chi connectivity index (χ2n) is 11.2. The summed E-state index contributed by atoms with van der Waals surface area (Å²) < 4.78 is 19.8. The largest absolute Gasteiger partial charge is 0.505 e. The fourth-order valence-electron chi connectivity index (χ4n) is 7.15. The van der Waals surface area contributed by atoms with Gasteiger partial charge in [0.25, 0.3) is 0 Å². The molecule has 8 heteroatoms. The molecular weight excluding hydrogens is 472 g/mol. The van der Waals surface area contributed by atoms with E-state index in [0.29, 0.717) is 31.1 Å². The molecule has 198 valence electrons. The highest BCUT2D eigenvalue weighted by Gasteiger charge is 2.58. The Hall–Kier alpha value is -2.45. The number of benzene rings is 1. The average Bonchev–Trinajstić information content (AvgIpc) is 3.14. The van der Waals surface area contributed by atoms with Crippen LogP contribution in [-0.2, 0) is 14.2 Å². The predicted molar refractivity (Wildman–Crippen MR) is 140 cm³/mol. The summed E-state index contributed by atoms with van der Waals surface area (Å²) in [5.74, 6) is -1.99. The van der Waals surface area contributed by atoms with E-state index in [9.17, 15) is 24.1 Å². The predicted octanol–water partition coefficient (Wildman–Crippen LogP) is 5.25. The lowest BCUT2D eigenvalue weighted by molar-refractivity contribution is -0.143. The van der Waals surface area contributed by atoms with Crippen LogP contribution in [0.25, 0.3) is 6.08 Å². The summed E-state index contributed by atoms with van der Waals surface area (Å²) in [6, 6.07) is 4.33. The number of nitrogens with zero attached hydrogens (tertiary/aromatic N) is 1. The van der Waals surface area contributed by atoms with Gasteiger partial charge in [0.2, 0.25) is 11.8 Å². The van der Waals surface area contributed by atoms with Crippen molar-refractivity contribution in [2.24, 2.45) is 17.8 Å². The van der Waals surface area contributed by atoms with Crippen LogP contribution in [0.2, 0.25) is 6.32 Å². The zero-order valence-electron chi connectivity index (χ0n) is 21.8. The zero-order chi connectivity index (χ0) is 26.3. The van der Waals surface area contributed by atoms with E-state index in [2.05, 4.69) is 6.92 Å². The van der Waals surface area contributed by atoms with E-state index in [-0.39, 0.29) is 41.5 Å². The molecule has 5 rings (SSSR count). The Kier molecular flexibility index (Phi) is 7.59. The van der Waals surface area contributed by atoms with Crippen LogP contribution in [-0.4, -0.2) is 46.1 Å². The molecule has 2 N–H and O–H groups in total. The Labute approximate surface area is 218 Å². The molecule has 1 aromatic carbocycles. The SMILES string of the molecule is CCC1=C2[C@@H](CC/C(C)=C/c3ccc(O)c(F)c3)OB(O)C[C@@H]2[C@@H]2C(=O)N(C3CCCCC3)C(=O)[C@@H]2C1. The molecule has 6 nitrogen and oxygen atoms in total. The first-order valence-electron chi connectivity index (χ1n) is 13.9. The molecule has 2 aliphatic carbocycles. The number of likely N-dealkylation sites (tertiary alicyclic amines) is 1. The quantitative estimate of drug-likeness (QED) is 0.311. The van der Waals surface area contributed by atoms with E-state index >= 15 is 0 Å². The lowest BCUT2D eigenvalue weighted by atomic mass is 9.58. The highest BCUT2D eigenvalue weighted by molar-refractivity contribution is 6.43. The van der Waals surface area contributed by atoms with Crippen LogP contribution in [0.4, 0.5) is 4.39 Å². The molecule has 4 aliphatic rings. The third-order valence-electron chi connectivity index (χ3n) is 8.89. The van der Waals surface area contributed by atoms with E-state index in [1.165, 1.54) is 17.7 Å². The number of carbonyl (C=O) groups excluding carboxylic acids is 2. The van der Waals surface area contributed by atoms with Crippen molar-refractivity contribution >= 4 is 25.0 Å². The monoisotopic (exact) mass is 509 g/mol. The van der Waals surface area contributed by atoms with Gasteiger partial charge in [-0.1, -0.05) is 49.5 Å². The Morgan fingerprint density at radius 1 is 1.19 bits per heavy atom. The van der Waals surface area contributed by atoms with Gasteiger partial charge >= 0.3 is 7.12 Å². The third kappa shape index (κ3) is 5.02. The molecule has 37 heavy (non-hydrogen) atoms. The highest BCUT2D eigenvalue weighted by atomic mass is 19.1. The Bertz CT molecular complexity index is 1130. The first-order chi connectivity index (χ1) is 17.8. The number of aromatic hydroxyl groups is 1. The van der Waals surface area contributed by atoms with E-state index in [4.69, 9.17) is 4.65 Å². The molecule has 0 aromatic heterocycles. The first-order valence-corrected chi connectivity index (χ1v) is 13.9. The van der Waals surface area contributed by atoms with Crippen molar-refractivity contribution in [3.63, 3.8) is 0 Å². The molecule has 3 fully saturated rings. The lowest BCUT2D eigenvalue weighted by Crippen LogP contribution is -2.46. The standard InChI is InChI=1S/C29H37BFNO5/c1-3-19-15-21-27(29(35)32(28(21)34)20-7-5-4-6-8-20)22-16-30(36)37-25(26(19)22)12-9-17(2)13-18-10-11-24(33)23(31)14-18/h10-11,13-14,20-22,25,27,33,36H,3-9,12,15-16H2,1-2H3/b17-13+/t21-,22+,25-,27-/m1/s1. The van der Waals surface area contributed by atoms with E-state index in [1.54, 1.807) is 11.0 Å². The number of imide groups is 1. The molecule has 0 spiro atoms. The fraction of sp³-hybridized carbons (Fsp3) is 0.586. The summed E-state index contributed by atoms with van der Waals surface area (Å²) in [7, 11) is -0.974. The van der Waals surface area contributed by atoms with Gasteiger partial charge in [-0.2, -0.15) is 0 Å². The Morgan fingerprint density at radius 2 is 1.95 bits per heavy atom. The summed E-state index contributed by atoms with van der Waals surface area (Å²) in [6.07, 6.45) is 9.65. The molecule has 2 amide bonds. The molecule has 4 atom stereocenters. The van der Waals surface area contributed by atoms with Crippen LogP contribution < -0.4 is 0 Å². The summed E-state index contributed by atoms with van der Waals surface area (Å²) in [4.78, 5) is 28.9. The van der Waals surface area contributed by atoms with Crippen LogP contribution >= 0.6 is 0 Å². The zero-order valence-corrected chi connectivity index (χ0v) is 21.8. The first kappa shape index (κ1) is 26.2. The van der Waals surface area contributed by atoms with Crippen LogP contribution in [0.3, 0.4) is 0 Å². The van der Waals surface area contributed by atoms with Crippen molar-refractivity contribution in [2.45, 2.75) is 90.1 Å². The van der Waals surface area contributed by atoms with E-state index in [1.807, 2.05) is 13.0 Å². The summed E-state index contributed by atoms with van der Waals surface area (Å²) in [6.45, 7) is 4.06. The molecule has 0 bridgehead atoms. The van der Waals surface area contributed by atoms with Gasteiger partial charge in [-0.05, 0) is 81.0 Å². The number of phenols is 1. The third-order valence-corrected chi connectivity index (χ3v) is 8.89. The van der Waals surface area contributed by atoms with Crippen LogP contribution in [0.1, 0.15) is 77.2 Å². The number of phenolic OH excluding ortho intramolecular Hbond substituents is 1. The van der Waals surface area contributed by atoms with Gasteiger partial charge in [-0.25, -0.2) is 4.39 Å². The maximum atomic E-state index is 13.7. The molecule has 1 aromatic rings. The normalized spacial score (nSPS) is 29.1. The van der Waals surface area contributed by atoms with Gasteiger partial charge in [0, 0.05) is 6.04 Å². The van der Waals surface area contributed by atoms with Crippen molar-refractivity contribution < 1.29 is 28.8 Å². The molecule has 1 saturated carbocycles. The number of carbonyl (C=O) groups is 2. The molecular formula is C29H37BFNO5. The van der Waals surface area contributed by atoms with Crippen molar-refractivity contribution in [1.82, 2.24) is 4.90 Å². The molecule has 2 saturated heterocycles. The van der Waals surface area contributed by atoms with Gasteiger partial charge in [-0.15, -0.1) is 0 Å². The van der Waals surface area contributed by atoms with Crippen LogP contribution in [0.15, 0.2) is 34.9 Å². The maximum Gasteiger partial charge on any atom is 0.455 e. The molecule has 2 heterocycles. The number of hydrogen-bond donors (Lipinski definition) is 2. The van der Waals surface area contributed by atoms with Gasteiger partial charge in [0.1, 0.15) is 0 Å². The van der Waals surface area contributed by atoms with E-state index < -0.39 is 18.9 Å². The smallest absolute Gasteiger partial charge is 0.455 e. The number of amides is 2. The van der Waals surface area contributed by atoms with Crippen molar-refractivity contribution in [3.05, 3.63) is 46.3 Å². The molecule has 0 radical (unpaired) electrons.